The van der Waals surface area contributed by atoms with Gasteiger partial charge in [-0.2, -0.15) is 0 Å². The van der Waals surface area contributed by atoms with Gasteiger partial charge in [-0.05, 0) is 61.7 Å². The summed E-state index contributed by atoms with van der Waals surface area (Å²) in [6.45, 7) is 6.33. The van der Waals surface area contributed by atoms with E-state index in [0.717, 1.165) is 22.9 Å². The molecule has 2 aromatic rings. The molecule has 0 spiro atoms. The summed E-state index contributed by atoms with van der Waals surface area (Å²) in [5, 5.41) is 0. The molecule has 0 aliphatic carbocycles. The van der Waals surface area contributed by atoms with Crippen molar-refractivity contribution in [2.45, 2.75) is 20.8 Å². The lowest BCUT2D eigenvalue weighted by atomic mass is 10.0. The summed E-state index contributed by atoms with van der Waals surface area (Å²) >= 11 is 0. The second-order valence-electron chi connectivity index (χ2n) is 5.40. The molecule has 0 atom stereocenters. The van der Waals surface area contributed by atoms with Crippen molar-refractivity contribution in [2.75, 3.05) is 24.7 Å². The van der Waals surface area contributed by atoms with Crippen LogP contribution in [-0.2, 0) is 0 Å². The minimum absolute atomic E-state index is 0.749. The van der Waals surface area contributed by atoms with Crippen LogP contribution in [0.4, 0.5) is 11.4 Å². The molecule has 2 N–H and O–H groups in total. The maximum absolute atomic E-state index is 5.96. The molecule has 3 heteroatoms. The van der Waals surface area contributed by atoms with E-state index in [-0.39, 0.29) is 0 Å². The molecule has 0 radical (unpaired) electrons. The van der Waals surface area contributed by atoms with E-state index in [4.69, 9.17) is 10.5 Å². The number of rotatable bonds is 3. The molecule has 2 rings (SSSR count). The largest absolute Gasteiger partial charge is 0.457 e. The molecule has 0 bridgehead atoms. The van der Waals surface area contributed by atoms with Crippen LogP contribution < -0.4 is 15.4 Å². The number of nitrogen functional groups attached to an aromatic ring is 1. The molecule has 0 fully saturated rings. The molecular weight excluding hydrogens is 248 g/mol. The van der Waals surface area contributed by atoms with Gasteiger partial charge in [-0.15, -0.1) is 0 Å². The average Bonchev–Trinajstić information content (AvgIpc) is 2.38. The number of nitrogens with zero attached hydrogens (tertiary/aromatic N) is 1. The van der Waals surface area contributed by atoms with Crippen LogP contribution >= 0.6 is 0 Å². The summed E-state index contributed by atoms with van der Waals surface area (Å²) < 4.78 is 5.96. The average molecular weight is 270 g/mol. The Kier molecular flexibility index (Phi) is 3.89. The molecule has 106 valence electrons. The molecule has 0 saturated heterocycles. The fourth-order valence-electron chi connectivity index (χ4n) is 2.17. The van der Waals surface area contributed by atoms with E-state index in [0.29, 0.717) is 0 Å². The maximum atomic E-state index is 5.96. The van der Waals surface area contributed by atoms with Gasteiger partial charge in [0.1, 0.15) is 11.5 Å². The Morgan fingerprint density at radius 1 is 0.900 bits per heavy atom. The summed E-state index contributed by atoms with van der Waals surface area (Å²) in [7, 11) is 3.94. The highest BCUT2D eigenvalue weighted by Crippen LogP contribution is 2.31. The van der Waals surface area contributed by atoms with Crippen LogP contribution in [0.25, 0.3) is 0 Å². The first kappa shape index (κ1) is 14.3. The Hall–Kier alpha value is -2.16. The summed E-state index contributed by atoms with van der Waals surface area (Å²) in [6.07, 6.45) is 0. The zero-order chi connectivity index (χ0) is 14.9. The van der Waals surface area contributed by atoms with Gasteiger partial charge in [0.05, 0.1) is 11.4 Å². The van der Waals surface area contributed by atoms with Crippen molar-refractivity contribution < 1.29 is 4.74 Å². The second kappa shape index (κ2) is 5.45. The van der Waals surface area contributed by atoms with Gasteiger partial charge in [0, 0.05) is 20.2 Å². The molecule has 3 nitrogen and oxygen atoms in total. The predicted molar refractivity (Wildman–Crippen MR) is 85.9 cm³/mol. The van der Waals surface area contributed by atoms with Gasteiger partial charge in [-0.25, -0.2) is 0 Å². The Morgan fingerprint density at radius 2 is 1.50 bits per heavy atom. The molecule has 2 aromatic carbocycles. The minimum atomic E-state index is 0.749. The van der Waals surface area contributed by atoms with Gasteiger partial charge < -0.3 is 15.4 Å². The fourth-order valence-corrected chi connectivity index (χ4v) is 2.17. The zero-order valence-electron chi connectivity index (χ0n) is 12.8. The van der Waals surface area contributed by atoms with Crippen LogP contribution in [0.2, 0.25) is 0 Å². The van der Waals surface area contributed by atoms with E-state index in [1.165, 1.54) is 16.7 Å². The normalized spacial score (nSPS) is 10.4. The quantitative estimate of drug-likeness (QED) is 0.855. The van der Waals surface area contributed by atoms with E-state index in [9.17, 15) is 0 Å². The Morgan fingerprint density at radius 3 is 2.05 bits per heavy atom. The van der Waals surface area contributed by atoms with Crippen LogP contribution in [0.5, 0.6) is 11.5 Å². The smallest absolute Gasteiger partial charge is 0.129 e. The molecule has 0 aliphatic rings. The van der Waals surface area contributed by atoms with E-state index in [1.54, 1.807) is 0 Å². The highest BCUT2D eigenvalue weighted by Gasteiger charge is 2.07. The van der Waals surface area contributed by atoms with Crippen molar-refractivity contribution in [2.24, 2.45) is 0 Å². The van der Waals surface area contributed by atoms with Crippen LogP contribution in [-0.4, -0.2) is 14.1 Å². The van der Waals surface area contributed by atoms with Crippen molar-refractivity contribution in [1.82, 2.24) is 0 Å². The Labute approximate surface area is 121 Å². The highest BCUT2D eigenvalue weighted by molar-refractivity contribution is 5.69. The summed E-state index contributed by atoms with van der Waals surface area (Å²) in [6, 6.07) is 9.85. The number of hydrogen-bond acceptors (Lipinski definition) is 3. The summed E-state index contributed by atoms with van der Waals surface area (Å²) in [4.78, 5) is 1.98. The van der Waals surface area contributed by atoms with Gasteiger partial charge >= 0.3 is 0 Å². The second-order valence-corrected chi connectivity index (χ2v) is 5.40. The van der Waals surface area contributed by atoms with Crippen molar-refractivity contribution >= 4 is 11.4 Å². The molecular formula is C17H22N2O. The zero-order valence-corrected chi connectivity index (χ0v) is 12.8. The van der Waals surface area contributed by atoms with Crippen molar-refractivity contribution in [3.05, 3.63) is 47.0 Å². The SMILES string of the molecule is Cc1cc(Oc2ccc(N)c(N(C)C)c2)cc(C)c1C. The Bertz CT molecular complexity index is 610. The number of aryl methyl sites for hydroxylation is 2. The van der Waals surface area contributed by atoms with Crippen LogP contribution in [0.15, 0.2) is 30.3 Å². The molecule has 0 aliphatic heterocycles. The van der Waals surface area contributed by atoms with Crippen LogP contribution in [0, 0.1) is 20.8 Å². The van der Waals surface area contributed by atoms with Crippen molar-refractivity contribution in [3.63, 3.8) is 0 Å². The number of ether oxygens (including phenoxy) is 1. The van der Waals surface area contributed by atoms with Gasteiger partial charge in [-0.3, -0.25) is 0 Å². The van der Waals surface area contributed by atoms with Gasteiger partial charge in [0.15, 0.2) is 0 Å². The van der Waals surface area contributed by atoms with Gasteiger partial charge in [0.25, 0.3) is 0 Å². The molecule has 0 amide bonds. The lowest BCUT2D eigenvalue weighted by Crippen LogP contribution is -2.11. The molecule has 0 unspecified atom stereocenters. The molecule has 0 saturated carbocycles. The third-order valence-corrected chi connectivity index (χ3v) is 3.62. The van der Waals surface area contributed by atoms with E-state index in [2.05, 4.69) is 32.9 Å². The first-order chi connectivity index (χ1) is 9.38. The van der Waals surface area contributed by atoms with Crippen molar-refractivity contribution in [1.29, 1.82) is 0 Å². The first-order valence-electron chi connectivity index (χ1n) is 6.71. The standard InChI is InChI=1S/C17H22N2O/c1-11-8-15(9-12(2)13(11)3)20-14-6-7-16(18)17(10-14)19(4)5/h6-10H,18H2,1-5H3. The maximum Gasteiger partial charge on any atom is 0.129 e. The third kappa shape index (κ3) is 2.87. The Balaban J connectivity index is 2.33. The van der Waals surface area contributed by atoms with E-state index >= 15 is 0 Å². The topological polar surface area (TPSA) is 38.5 Å². The lowest BCUT2D eigenvalue weighted by molar-refractivity contribution is 0.482. The fraction of sp³-hybridized carbons (Fsp3) is 0.294. The van der Waals surface area contributed by atoms with E-state index < -0.39 is 0 Å². The molecule has 0 aromatic heterocycles. The summed E-state index contributed by atoms with van der Waals surface area (Å²) in [5.41, 5.74) is 11.5. The van der Waals surface area contributed by atoms with Crippen LogP contribution in [0.1, 0.15) is 16.7 Å². The summed E-state index contributed by atoms with van der Waals surface area (Å²) in [5.74, 6) is 1.66. The predicted octanol–water partition coefficient (Wildman–Crippen LogP) is 4.05. The lowest BCUT2D eigenvalue weighted by Gasteiger charge is -2.17. The molecule has 20 heavy (non-hydrogen) atoms. The number of hydrogen-bond donors (Lipinski definition) is 1. The van der Waals surface area contributed by atoms with E-state index in [1.807, 2.05) is 37.2 Å². The van der Waals surface area contributed by atoms with Crippen molar-refractivity contribution in [3.8, 4) is 11.5 Å². The molecule has 0 heterocycles. The van der Waals surface area contributed by atoms with Crippen LogP contribution in [0.3, 0.4) is 0 Å². The van der Waals surface area contributed by atoms with Gasteiger partial charge in [-0.1, -0.05) is 0 Å². The highest BCUT2D eigenvalue weighted by atomic mass is 16.5. The monoisotopic (exact) mass is 270 g/mol. The number of anilines is 2. The third-order valence-electron chi connectivity index (χ3n) is 3.62. The number of benzene rings is 2. The number of nitrogens with two attached hydrogens (primary N) is 1. The minimum Gasteiger partial charge on any atom is -0.457 e. The van der Waals surface area contributed by atoms with Gasteiger partial charge in [0.2, 0.25) is 0 Å². The first-order valence-corrected chi connectivity index (χ1v) is 6.71.